The Morgan fingerprint density at radius 2 is 2.00 bits per heavy atom. The number of halogens is 1. The van der Waals surface area contributed by atoms with Crippen LogP contribution in [0.2, 0.25) is 0 Å². The lowest BCUT2D eigenvalue weighted by Gasteiger charge is -2.12. The van der Waals surface area contributed by atoms with E-state index >= 15 is 0 Å². The molecule has 9 heteroatoms. The smallest absolute Gasteiger partial charge is 0.292 e. The number of thiophene rings is 1. The van der Waals surface area contributed by atoms with E-state index in [-0.39, 0.29) is 29.7 Å². The molecule has 0 unspecified atom stereocenters. The Morgan fingerprint density at radius 1 is 1.21 bits per heavy atom. The second-order valence-electron chi connectivity index (χ2n) is 4.63. The van der Waals surface area contributed by atoms with Gasteiger partial charge in [0, 0.05) is 31.1 Å². The molecule has 0 radical (unpaired) electrons. The van der Waals surface area contributed by atoms with Gasteiger partial charge < -0.3 is 16.0 Å². The molecule has 0 aliphatic rings. The number of aliphatic imine (C=N–C) groups is 1. The second-order valence-corrected chi connectivity index (χ2v) is 5.67. The Hall–Kier alpha value is -1.88. The quantitative estimate of drug-likeness (QED) is 0.147. The summed E-state index contributed by atoms with van der Waals surface area (Å²) in [6.07, 6.45) is 0. The van der Waals surface area contributed by atoms with Crippen molar-refractivity contribution in [1.29, 1.82) is 0 Å². The van der Waals surface area contributed by atoms with E-state index in [1.165, 1.54) is 10.9 Å². The third kappa shape index (κ3) is 6.32. The van der Waals surface area contributed by atoms with Gasteiger partial charge in [-0.05, 0) is 17.5 Å². The molecule has 0 aliphatic carbocycles. The van der Waals surface area contributed by atoms with E-state index in [1.54, 1.807) is 36.6 Å². The third-order valence-corrected chi connectivity index (χ3v) is 3.94. The highest BCUT2D eigenvalue weighted by Gasteiger charge is 2.11. The van der Waals surface area contributed by atoms with Gasteiger partial charge in [0.25, 0.3) is 5.69 Å². The van der Waals surface area contributed by atoms with Gasteiger partial charge in [0.2, 0.25) is 0 Å². The van der Waals surface area contributed by atoms with Crippen molar-refractivity contribution in [3.05, 3.63) is 56.8 Å². The Morgan fingerprint density at radius 3 is 2.67 bits per heavy atom. The first-order chi connectivity index (χ1) is 11.2. The molecular formula is C15H20IN5O2S. The zero-order chi connectivity index (χ0) is 16.5. The van der Waals surface area contributed by atoms with Crippen molar-refractivity contribution >= 4 is 52.6 Å². The van der Waals surface area contributed by atoms with Gasteiger partial charge in [-0.2, -0.15) is 0 Å². The standard InChI is InChI=1S/C15H19N5O2S.HI/c1-16-15(19-11-12-5-4-10-23-12)18-9-8-17-13-6-2-3-7-14(13)20(21)22;/h2-7,10,17H,8-9,11H2,1H3,(H2,16,18,19);1H. The average molecular weight is 461 g/mol. The van der Waals surface area contributed by atoms with Crippen LogP contribution in [-0.2, 0) is 6.54 Å². The third-order valence-electron chi connectivity index (χ3n) is 3.07. The van der Waals surface area contributed by atoms with Crippen molar-refractivity contribution < 1.29 is 4.92 Å². The Kier molecular flexibility index (Phi) is 9.08. The monoisotopic (exact) mass is 461 g/mol. The molecule has 2 rings (SSSR count). The molecule has 0 saturated heterocycles. The van der Waals surface area contributed by atoms with Crippen LogP contribution >= 0.6 is 35.3 Å². The molecule has 0 saturated carbocycles. The molecule has 0 amide bonds. The van der Waals surface area contributed by atoms with Gasteiger partial charge in [0.1, 0.15) is 5.69 Å². The van der Waals surface area contributed by atoms with Crippen LogP contribution in [0.15, 0.2) is 46.8 Å². The van der Waals surface area contributed by atoms with E-state index in [0.717, 1.165) is 6.54 Å². The van der Waals surface area contributed by atoms with Crippen LogP contribution in [0.3, 0.4) is 0 Å². The number of nitrogens with zero attached hydrogens (tertiary/aromatic N) is 2. The van der Waals surface area contributed by atoms with Gasteiger partial charge >= 0.3 is 0 Å². The van der Waals surface area contributed by atoms with Crippen LogP contribution in [-0.4, -0.2) is 31.0 Å². The minimum absolute atomic E-state index is 0. The zero-order valence-corrected chi connectivity index (χ0v) is 16.3. The molecule has 1 aromatic carbocycles. The minimum Gasteiger partial charge on any atom is -0.378 e. The van der Waals surface area contributed by atoms with Gasteiger partial charge in [0.05, 0.1) is 11.5 Å². The van der Waals surface area contributed by atoms with Crippen LogP contribution in [0.25, 0.3) is 0 Å². The Balaban J connectivity index is 0.00000288. The Bertz CT molecular complexity index is 664. The molecule has 1 heterocycles. The summed E-state index contributed by atoms with van der Waals surface area (Å²) in [5, 5.41) is 22.4. The molecular weight excluding hydrogens is 441 g/mol. The SMILES string of the molecule is CN=C(NCCNc1ccccc1[N+](=O)[O-])NCc1cccs1.I. The molecule has 0 aliphatic heterocycles. The van der Waals surface area contributed by atoms with Crippen molar-refractivity contribution in [1.82, 2.24) is 10.6 Å². The van der Waals surface area contributed by atoms with Gasteiger partial charge in [-0.3, -0.25) is 15.1 Å². The molecule has 2 aromatic rings. The van der Waals surface area contributed by atoms with E-state index in [4.69, 9.17) is 0 Å². The van der Waals surface area contributed by atoms with Crippen molar-refractivity contribution in [2.24, 2.45) is 4.99 Å². The van der Waals surface area contributed by atoms with Crippen LogP contribution in [0.1, 0.15) is 4.88 Å². The molecule has 0 bridgehead atoms. The summed E-state index contributed by atoms with van der Waals surface area (Å²) in [7, 11) is 1.71. The highest BCUT2D eigenvalue weighted by molar-refractivity contribution is 14.0. The number of guanidine groups is 1. The summed E-state index contributed by atoms with van der Waals surface area (Å²) in [5.41, 5.74) is 0.591. The molecule has 7 nitrogen and oxygen atoms in total. The topological polar surface area (TPSA) is 91.6 Å². The fourth-order valence-electron chi connectivity index (χ4n) is 1.97. The number of nitro benzene ring substituents is 1. The average Bonchev–Trinajstić information content (AvgIpc) is 3.08. The van der Waals surface area contributed by atoms with Crippen LogP contribution in [0.4, 0.5) is 11.4 Å². The lowest BCUT2D eigenvalue weighted by molar-refractivity contribution is -0.384. The Labute approximate surface area is 161 Å². The molecule has 1 aromatic heterocycles. The van der Waals surface area contributed by atoms with Crippen molar-refractivity contribution in [3.8, 4) is 0 Å². The normalized spacial score (nSPS) is 10.6. The summed E-state index contributed by atoms with van der Waals surface area (Å²) in [6.45, 7) is 1.86. The molecule has 0 fully saturated rings. The minimum atomic E-state index is -0.392. The number of hydrogen-bond donors (Lipinski definition) is 3. The van der Waals surface area contributed by atoms with Crippen LogP contribution in [0, 0.1) is 10.1 Å². The first-order valence-corrected chi connectivity index (χ1v) is 8.03. The predicted octanol–water partition coefficient (Wildman–Crippen LogP) is 3.05. The largest absolute Gasteiger partial charge is 0.378 e. The number of para-hydroxylation sites is 2. The highest BCUT2D eigenvalue weighted by atomic mass is 127. The number of benzene rings is 1. The van der Waals surface area contributed by atoms with Gasteiger partial charge in [-0.15, -0.1) is 35.3 Å². The van der Waals surface area contributed by atoms with E-state index in [1.807, 2.05) is 11.4 Å². The summed E-state index contributed by atoms with van der Waals surface area (Å²) in [5.74, 6) is 0.697. The zero-order valence-electron chi connectivity index (χ0n) is 13.2. The van der Waals surface area contributed by atoms with Crippen molar-refractivity contribution in [2.45, 2.75) is 6.54 Å². The summed E-state index contributed by atoms with van der Waals surface area (Å²) in [6, 6.07) is 10.7. The number of rotatable bonds is 7. The van der Waals surface area contributed by atoms with E-state index in [0.29, 0.717) is 24.7 Å². The predicted molar refractivity (Wildman–Crippen MR) is 110 cm³/mol. The molecule has 24 heavy (non-hydrogen) atoms. The molecule has 0 spiro atoms. The number of hydrogen-bond acceptors (Lipinski definition) is 5. The first kappa shape index (κ1) is 20.2. The summed E-state index contributed by atoms with van der Waals surface area (Å²) >= 11 is 1.68. The van der Waals surface area contributed by atoms with E-state index in [2.05, 4.69) is 27.0 Å². The lowest BCUT2D eigenvalue weighted by atomic mass is 10.2. The number of nitro groups is 1. The summed E-state index contributed by atoms with van der Waals surface area (Å²) < 4.78 is 0. The molecule has 130 valence electrons. The first-order valence-electron chi connectivity index (χ1n) is 7.15. The highest BCUT2D eigenvalue weighted by Crippen LogP contribution is 2.22. The van der Waals surface area contributed by atoms with E-state index in [9.17, 15) is 10.1 Å². The number of anilines is 1. The second kappa shape index (κ2) is 10.8. The van der Waals surface area contributed by atoms with Crippen molar-refractivity contribution in [2.75, 3.05) is 25.5 Å². The molecule has 3 N–H and O–H groups in total. The fraction of sp³-hybridized carbons (Fsp3) is 0.267. The maximum absolute atomic E-state index is 10.9. The maximum Gasteiger partial charge on any atom is 0.292 e. The molecule has 0 atom stereocenters. The van der Waals surface area contributed by atoms with Crippen molar-refractivity contribution in [3.63, 3.8) is 0 Å². The van der Waals surface area contributed by atoms with Gasteiger partial charge in [-0.1, -0.05) is 18.2 Å². The van der Waals surface area contributed by atoms with Gasteiger partial charge in [-0.25, -0.2) is 0 Å². The van der Waals surface area contributed by atoms with E-state index < -0.39 is 4.92 Å². The maximum atomic E-state index is 10.9. The lowest BCUT2D eigenvalue weighted by Crippen LogP contribution is -2.39. The number of nitrogens with one attached hydrogen (secondary N) is 3. The summed E-state index contributed by atoms with van der Waals surface area (Å²) in [4.78, 5) is 15.9. The fourth-order valence-corrected chi connectivity index (χ4v) is 2.61. The van der Waals surface area contributed by atoms with Gasteiger partial charge in [0.15, 0.2) is 5.96 Å². The van der Waals surface area contributed by atoms with Crippen LogP contribution in [0.5, 0.6) is 0 Å². The van der Waals surface area contributed by atoms with Crippen LogP contribution < -0.4 is 16.0 Å².